The van der Waals surface area contributed by atoms with Crippen LogP contribution in [0.2, 0.25) is 0 Å². The Morgan fingerprint density at radius 3 is 2.88 bits per heavy atom. The Morgan fingerprint density at radius 1 is 1.25 bits per heavy atom. The summed E-state index contributed by atoms with van der Waals surface area (Å²) in [6.45, 7) is 4.11. The average Bonchev–Trinajstić information content (AvgIpc) is 2.64. The summed E-state index contributed by atoms with van der Waals surface area (Å²) in [7, 11) is 0. The van der Waals surface area contributed by atoms with Crippen molar-refractivity contribution in [2.24, 2.45) is 0 Å². The molecule has 1 N–H and O–H groups in total. The second-order valence-electron chi connectivity index (χ2n) is 4.86. The molecule has 0 bridgehead atoms. The Kier molecular flexibility index (Phi) is 2.60. The fourth-order valence-electron chi connectivity index (χ4n) is 2.72. The molecule has 1 aliphatic heterocycles. The van der Waals surface area contributed by atoms with Gasteiger partial charge in [0.15, 0.2) is 0 Å². The van der Waals surface area contributed by atoms with Crippen molar-refractivity contribution in [2.75, 3.05) is 6.54 Å². The summed E-state index contributed by atoms with van der Waals surface area (Å²) in [5, 5.41) is 3.47. The molecule has 1 heterocycles. The lowest BCUT2D eigenvalue weighted by atomic mass is 10.1. The molecule has 16 heavy (non-hydrogen) atoms. The van der Waals surface area contributed by atoms with E-state index in [0.717, 1.165) is 25.3 Å². The number of aryl methyl sites for hydroxylation is 2. The Balaban J connectivity index is 1.97. The van der Waals surface area contributed by atoms with Crippen molar-refractivity contribution in [3.8, 4) is 5.75 Å². The molecule has 0 fully saturated rings. The van der Waals surface area contributed by atoms with Gasteiger partial charge in [-0.3, -0.25) is 0 Å². The van der Waals surface area contributed by atoms with Gasteiger partial charge in [-0.25, -0.2) is 0 Å². The van der Waals surface area contributed by atoms with Gasteiger partial charge in [-0.1, -0.05) is 13.0 Å². The van der Waals surface area contributed by atoms with E-state index in [1.807, 2.05) is 0 Å². The van der Waals surface area contributed by atoms with Crippen molar-refractivity contribution in [2.45, 2.75) is 45.3 Å². The molecule has 1 aromatic rings. The summed E-state index contributed by atoms with van der Waals surface area (Å²) in [6, 6.07) is 4.63. The van der Waals surface area contributed by atoms with Crippen molar-refractivity contribution < 1.29 is 4.74 Å². The van der Waals surface area contributed by atoms with E-state index in [4.69, 9.17) is 4.74 Å². The molecule has 1 aliphatic carbocycles. The normalized spacial score (nSPS) is 23.2. The zero-order chi connectivity index (χ0) is 11.0. The van der Waals surface area contributed by atoms with Crippen molar-refractivity contribution in [1.82, 2.24) is 5.32 Å². The summed E-state index contributed by atoms with van der Waals surface area (Å²) in [4.78, 5) is 0. The van der Waals surface area contributed by atoms with Gasteiger partial charge in [0.05, 0.1) is 0 Å². The van der Waals surface area contributed by atoms with E-state index in [2.05, 4.69) is 24.4 Å². The lowest BCUT2D eigenvalue weighted by molar-refractivity contribution is 0.201. The molecule has 2 heteroatoms. The van der Waals surface area contributed by atoms with E-state index < -0.39 is 0 Å². The molecule has 0 spiro atoms. The molecule has 2 nitrogen and oxygen atoms in total. The highest BCUT2D eigenvalue weighted by Gasteiger charge is 2.19. The highest BCUT2D eigenvalue weighted by molar-refractivity contribution is 5.45. The number of fused-ring (bicyclic) bond motifs is 2. The predicted molar refractivity (Wildman–Crippen MR) is 64.9 cm³/mol. The number of benzene rings is 1. The average molecular weight is 217 g/mol. The number of hydrogen-bond acceptors (Lipinski definition) is 2. The third-order valence-electron chi connectivity index (χ3n) is 3.71. The van der Waals surface area contributed by atoms with Crippen LogP contribution in [-0.4, -0.2) is 12.6 Å². The van der Waals surface area contributed by atoms with Crippen LogP contribution in [0.15, 0.2) is 12.1 Å². The Hall–Kier alpha value is -1.02. The second-order valence-corrected chi connectivity index (χ2v) is 4.86. The van der Waals surface area contributed by atoms with Gasteiger partial charge in [0.25, 0.3) is 0 Å². The Labute approximate surface area is 97.0 Å². The third-order valence-corrected chi connectivity index (χ3v) is 3.71. The number of nitrogens with one attached hydrogen (secondary N) is 1. The quantitative estimate of drug-likeness (QED) is 0.780. The van der Waals surface area contributed by atoms with Crippen LogP contribution in [0.25, 0.3) is 0 Å². The van der Waals surface area contributed by atoms with E-state index in [1.54, 1.807) is 5.56 Å². The Bertz CT molecular complexity index is 400. The van der Waals surface area contributed by atoms with E-state index in [1.165, 1.54) is 30.4 Å². The molecule has 0 radical (unpaired) electrons. The van der Waals surface area contributed by atoms with Crippen molar-refractivity contribution in [3.05, 3.63) is 28.8 Å². The smallest absolute Gasteiger partial charge is 0.124 e. The van der Waals surface area contributed by atoms with E-state index in [0.29, 0.717) is 6.10 Å². The van der Waals surface area contributed by atoms with Crippen LogP contribution in [0.1, 0.15) is 36.5 Å². The van der Waals surface area contributed by atoms with Crippen LogP contribution in [-0.2, 0) is 19.4 Å². The number of hydrogen-bond donors (Lipinski definition) is 1. The first-order valence-corrected chi connectivity index (χ1v) is 6.39. The van der Waals surface area contributed by atoms with Crippen molar-refractivity contribution in [3.63, 3.8) is 0 Å². The van der Waals surface area contributed by atoms with Crippen molar-refractivity contribution in [1.29, 1.82) is 0 Å². The standard InChI is InChI=1S/C14H19NO/c1-2-13-9-15-8-12-6-10-4-3-5-11(10)7-14(12)16-13/h6-7,13,15H,2-5,8-9H2,1H3/t13-/m1/s1. The SMILES string of the molecule is CC[C@@H]1CNCc2cc3c(cc2O1)CCC3. The van der Waals surface area contributed by atoms with Crippen LogP contribution in [0, 0.1) is 0 Å². The minimum Gasteiger partial charge on any atom is -0.489 e. The largest absolute Gasteiger partial charge is 0.489 e. The minimum atomic E-state index is 0.334. The third kappa shape index (κ3) is 1.71. The zero-order valence-corrected chi connectivity index (χ0v) is 9.88. The molecule has 1 aromatic carbocycles. The maximum Gasteiger partial charge on any atom is 0.124 e. The molecule has 3 rings (SSSR count). The highest BCUT2D eigenvalue weighted by Crippen LogP contribution is 2.31. The van der Waals surface area contributed by atoms with Gasteiger partial charge in [-0.15, -0.1) is 0 Å². The molecule has 0 aromatic heterocycles. The first-order valence-electron chi connectivity index (χ1n) is 6.39. The van der Waals surface area contributed by atoms with Gasteiger partial charge in [0.1, 0.15) is 11.9 Å². The van der Waals surface area contributed by atoms with Crippen LogP contribution in [0.3, 0.4) is 0 Å². The molecular weight excluding hydrogens is 198 g/mol. The van der Waals surface area contributed by atoms with E-state index in [-0.39, 0.29) is 0 Å². The lowest BCUT2D eigenvalue weighted by Gasteiger charge is -2.16. The lowest BCUT2D eigenvalue weighted by Crippen LogP contribution is -2.27. The molecular formula is C14H19NO. The number of rotatable bonds is 1. The number of ether oxygens (including phenoxy) is 1. The maximum atomic E-state index is 6.07. The van der Waals surface area contributed by atoms with Crippen LogP contribution >= 0.6 is 0 Å². The Morgan fingerprint density at radius 2 is 2.06 bits per heavy atom. The van der Waals surface area contributed by atoms with E-state index in [9.17, 15) is 0 Å². The minimum absolute atomic E-state index is 0.334. The molecule has 0 saturated carbocycles. The molecule has 0 amide bonds. The first kappa shape index (κ1) is 10.2. The van der Waals surface area contributed by atoms with E-state index >= 15 is 0 Å². The fourth-order valence-corrected chi connectivity index (χ4v) is 2.72. The topological polar surface area (TPSA) is 21.3 Å². The monoisotopic (exact) mass is 217 g/mol. The highest BCUT2D eigenvalue weighted by atomic mass is 16.5. The van der Waals surface area contributed by atoms with Gasteiger partial charge in [-0.2, -0.15) is 0 Å². The molecule has 1 atom stereocenters. The zero-order valence-electron chi connectivity index (χ0n) is 9.88. The van der Waals surface area contributed by atoms with Gasteiger partial charge in [-0.05, 0) is 42.9 Å². The van der Waals surface area contributed by atoms with Crippen LogP contribution in [0.5, 0.6) is 5.75 Å². The fraction of sp³-hybridized carbons (Fsp3) is 0.571. The summed E-state index contributed by atoms with van der Waals surface area (Å²) in [5.74, 6) is 1.12. The van der Waals surface area contributed by atoms with Crippen LogP contribution in [0.4, 0.5) is 0 Å². The molecule has 86 valence electrons. The van der Waals surface area contributed by atoms with Gasteiger partial charge >= 0.3 is 0 Å². The maximum absolute atomic E-state index is 6.07. The summed E-state index contributed by atoms with van der Waals surface area (Å²) >= 11 is 0. The molecule has 2 aliphatic rings. The summed E-state index contributed by atoms with van der Waals surface area (Å²) < 4.78 is 6.07. The molecule has 0 saturated heterocycles. The van der Waals surface area contributed by atoms with Crippen molar-refractivity contribution >= 4 is 0 Å². The van der Waals surface area contributed by atoms with Crippen LogP contribution < -0.4 is 10.1 Å². The predicted octanol–water partition coefficient (Wildman–Crippen LogP) is 2.44. The summed E-state index contributed by atoms with van der Waals surface area (Å²) in [6.07, 6.45) is 5.20. The molecule has 0 unspecified atom stereocenters. The second kappa shape index (κ2) is 4.10. The summed E-state index contributed by atoms with van der Waals surface area (Å²) in [5.41, 5.74) is 4.39. The first-order chi connectivity index (χ1) is 7.86. The van der Waals surface area contributed by atoms with Gasteiger partial charge in [0, 0.05) is 18.7 Å². The van der Waals surface area contributed by atoms with Gasteiger partial charge < -0.3 is 10.1 Å². The van der Waals surface area contributed by atoms with Gasteiger partial charge in [0.2, 0.25) is 0 Å².